The maximum Gasteiger partial charge on any atom is 0.292 e. The third-order valence-electron chi connectivity index (χ3n) is 3.16. The third kappa shape index (κ3) is 2.66. The lowest BCUT2D eigenvalue weighted by Gasteiger charge is -2.07. The fourth-order valence-electron chi connectivity index (χ4n) is 2.16. The van der Waals surface area contributed by atoms with Crippen LogP contribution in [0.1, 0.15) is 5.56 Å². The number of pyridine rings is 1. The molecule has 0 spiro atoms. The van der Waals surface area contributed by atoms with E-state index < -0.39 is 4.92 Å². The highest BCUT2D eigenvalue weighted by Crippen LogP contribution is 2.28. The number of nitro groups is 1. The monoisotopic (exact) mass is 302 g/mol. The van der Waals surface area contributed by atoms with Crippen LogP contribution in [0.15, 0.2) is 42.7 Å². The maximum atomic E-state index is 11.0. The molecule has 0 aliphatic heterocycles. The molecule has 0 bridgehead atoms. The second kappa shape index (κ2) is 5.41. The number of nitrogens with one attached hydrogen (secondary N) is 2. The quantitative estimate of drug-likeness (QED) is 0.568. The van der Waals surface area contributed by atoms with Crippen LogP contribution < -0.4 is 5.32 Å². The van der Waals surface area contributed by atoms with Gasteiger partial charge in [-0.15, -0.1) is 0 Å². The lowest BCUT2D eigenvalue weighted by molar-refractivity contribution is -0.384. The van der Waals surface area contributed by atoms with Crippen molar-refractivity contribution in [2.45, 2.75) is 6.54 Å². The number of hydrogen-bond donors (Lipinski definition) is 2. The summed E-state index contributed by atoms with van der Waals surface area (Å²) in [5.41, 5.74) is 2.16. The molecule has 0 aliphatic rings. The number of nitrogens with zero attached hydrogens (tertiary/aromatic N) is 2. The first-order valence-corrected chi connectivity index (χ1v) is 6.62. The first-order chi connectivity index (χ1) is 10.1. The van der Waals surface area contributed by atoms with Crippen LogP contribution in [-0.4, -0.2) is 14.9 Å². The van der Waals surface area contributed by atoms with Crippen LogP contribution in [0.3, 0.4) is 0 Å². The molecule has 1 aromatic carbocycles. The van der Waals surface area contributed by atoms with Gasteiger partial charge in [-0.3, -0.25) is 10.1 Å². The van der Waals surface area contributed by atoms with E-state index in [1.54, 1.807) is 12.3 Å². The van der Waals surface area contributed by atoms with Crippen molar-refractivity contribution in [3.8, 4) is 0 Å². The highest BCUT2D eigenvalue weighted by molar-refractivity contribution is 6.31. The van der Waals surface area contributed by atoms with E-state index in [9.17, 15) is 10.1 Å². The van der Waals surface area contributed by atoms with Gasteiger partial charge in [-0.1, -0.05) is 11.6 Å². The summed E-state index contributed by atoms with van der Waals surface area (Å²) in [4.78, 5) is 17.8. The summed E-state index contributed by atoms with van der Waals surface area (Å²) >= 11 is 5.90. The van der Waals surface area contributed by atoms with Crippen LogP contribution >= 0.6 is 11.6 Å². The molecule has 0 saturated heterocycles. The van der Waals surface area contributed by atoms with E-state index in [1.807, 2.05) is 18.3 Å². The number of H-pyrrole nitrogens is 1. The molecule has 0 atom stereocenters. The van der Waals surface area contributed by atoms with Crippen molar-refractivity contribution in [3.63, 3.8) is 0 Å². The summed E-state index contributed by atoms with van der Waals surface area (Å²) in [6, 6.07) is 8.23. The number of nitro benzene ring substituents is 1. The molecule has 21 heavy (non-hydrogen) atoms. The molecule has 0 unspecified atom stereocenters. The van der Waals surface area contributed by atoms with Crippen molar-refractivity contribution in [3.05, 3.63) is 63.4 Å². The van der Waals surface area contributed by atoms with Crippen molar-refractivity contribution >= 4 is 34.0 Å². The van der Waals surface area contributed by atoms with Crippen molar-refractivity contribution < 1.29 is 4.92 Å². The van der Waals surface area contributed by atoms with Crippen molar-refractivity contribution in [1.82, 2.24) is 9.97 Å². The first-order valence-electron chi connectivity index (χ1n) is 6.24. The Morgan fingerprint density at radius 2 is 2.24 bits per heavy atom. The zero-order valence-electron chi connectivity index (χ0n) is 10.8. The molecule has 3 rings (SSSR count). The second-order valence-electron chi connectivity index (χ2n) is 4.49. The fourth-order valence-corrected chi connectivity index (χ4v) is 2.33. The number of hydrogen-bond acceptors (Lipinski definition) is 4. The van der Waals surface area contributed by atoms with Crippen LogP contribution in [0.2, 0.25) is 5.02 Å². The van der Waals surface area contributed by atoms with Gasteiger partial charge in [0.1, 0.15) is 11.3 Å². The van der Waals surface area contributed by atoms with Gasteiger partial charge in [0.25, 0.3) is 5.69 Å². The van der Waals surface area contributed by atoms with Gasteiger partial charge < -0.3 is 10.3 Å². The van der Waals surface area contributed by atoms with Crippen LogP contribution in [0.4, 0.5) is 11.4 Å². The Morgan fingerprint density at radius 3 is 3.05 bits per heavy atom. The molecule has 0 saturated carbocycles. The van der Waals surface area contributed by atoms with Crippen LogP contribution in [-0.2, 0) is 6.54 Å². The number of fused-ring (bicyclic) bond motifs is 1. The minimum atomic E-state index is -0.435. The summed E-state index contributed by atoms with van der Waals surface area (Å²) in [5, 5.41) is 15.5. The summed E-state index contributed by atoms with van der Waals surface area (Å²) in [6.45, 7) is 0.437. The van der Waals surface area contributed by atoms with Crippen LogP contribution in [0, 0.1) is 10.1 Å². The van der Waals surface area contributed by atoms with Crippen molar-refractivity contribution in [2.24, 2.45) is 0 Å². The van der Waals surface area contributed by atoms with Gasteiger partial charge in [-0.2, -0.15) is 0 Å². The van der Waals surface area contributed by atoms with E-state index in [0.29, 0.717) is 17.3 Å². The number of rotatable bonds is 4. The number of aromatic nitrogens is 2. The Kier molecular flexibility index (Phi) is 3.45. The van der Waals surface area contributed by atoms with E-state index >= 15 is 0 Å². The second-order valence-corrected chi connectivity index (χ2v) is 4.92. The van der Waals surface area contributed by atoms with E-state index in [1.165, 1.54) is 12.1 Å². The molecular weight excluding hydrogens is 292 g/mol. The topological polar surface area (TPSA) is 83.9 Å². The number of halogens is 1. The summed E-state index contributed by atoms with van der Waals surface area (Å²) in [6.07, 6.45) is 3.54. The molecule has 3 aromatic rings. The fraction of sp³-hybridized carbons (Fsp3) is 0.0714. The summed E-state index contributed by atoms with van der Waals surface area (Å²) in [7, 11) is 0. The molecule has 6 nitrogen and oxygen atoms in total. The van der Waals surface area contributed by atoms with Crippen LogP contribution in [0.5, 0.6) is 0 Å². The molecule has 0 fully saturated rings. The Bertz CT molecular complexity index is 816. The lowest BCUT2D eigenvalue weighted by Crippen LogP contribution is -2.02. The number of benzene rings is 1. The normalized spacial score (nSPS) is 10.7. The standard InChI is InChI=1S/C14H11ClN4O2/c15-10-3-4-13(19(20)21)12(6-10)17-7-9-8-18-14-11(9)2-1-5-16-14/h1-6,8,17H,7H2,(H,16,18). The van der Waals surface area contributed by atoms with Crippen LogP contribution in [0.25, 0.3) is 11.0 Å². The third-order valence-corrected chi connectivity index (χ3v) is 3.40. The molecule has 2 N–H and O–H groups in total. The van der Waals surface area contributed by atoms with Gasteiger partial charge in [0.2, 0.25) is 0 Å². The van der Waals surface area contributed by atoms with E-state index in [0.717, 1.165) is 16.6 Å². The van der Waals surface area contributed by atoms with Gasteiger partial charge in [0.05, 0.1) is 4.92 Å². The minimum absolute atomic E-state index is 0.00244. The summed E-state index contributed by atoms with van der Waals surface area (Å²) in [5.74, 6) is 0. The molecule has 0 radical (unpaired) electrons. The highest BCUT2D eigenvalue weighted by Gasteiger charge is 2.14. The maximum absolute atomic E-state index is 11.0. The average molecular weight is 303 g/mol. The lowest BCUT2D eigenvalue weighted by atomic mass is 10.2. The Hall–Kier alpha value is -2.60. The molecule has 0 aliphatic carbocycles. The zero-order chi connectivity index (χ0) is 14.8. The Labute approximate surface area is 124 Å². The predicted molar refractivity (Wildman–Crippen MR) is 81.5 cm³/mol. The molecule has 106 valence electrons. The van der Waals surface area contributed by atoms with Crippen molar-refractivity contribution in [2.75, 3.05) is 5.32 Å². The molecule has 2 heterocycles. The van der Waals surface area contributed by atoms with Gasteiger partial charge in [-0.05, 0) is 29.8 Å². The molecule has 7 heteroatoms. The molecule has 2 aromatic heterocycles. The van der Waals surface area contributed by atoms with Gasteiger partial charge in [0.15, 0.2) is 0 Å². The molecule has 0 amide bonds. The average Bonchev–Trinajstić information content (AvgIpc) is 2.88. The Balaban J connectivity index is 1.88. The SMILES string of the molecule is O=[N+]([O-])c1ccc(Cl)cc1NCc1c[nH]c2ncccc12. The van der Waals surface area contributed by atoms with E-state index in [4.69, 9.17) is 11.6 Å². The smallest absolute Gasteiger partial charge is 0.292 e. The van der Waals surface area contributed by atoms with Gasteiger partial charge in [-0.25, -0.2) is 4.98 Å². The first kappa shape index (κ1) is 13.4. The number of anilines is 1. The van der Waals surface area contributed by atoms with Gasteiger partial charge >= 0.3 is 0 Å². The molecular formula is C14H11ClN4O2. The number of aromatic amines is 1. The Morgan fingerprint density at radius 1 is 1.38 bits per heavy atom. The highest BCUT2D eigenvalue weighted by atomic mass is 35.5. The van der Waals surface area contributed by atoms with Crippen molar-refractivity contribution in [1.29, 1.82) is 0 Å². The van der Waals surface area contributed by atoms with E-state index in [2.05, 4.69) is 15.3 Å². The summed E-state index contributed by atoms with van der Waals surface area (Å²) < 4.78 is 0. The predicted octanol–water partition coefficient (Wildman–Crippen LogP) is 3.74. The zero-order valence-corrected chi connectivity index (χ0v) is 11.6. The largest absolute Gasteiger partial charge is 0.375 e. The minimum Gasteiger partial charge on any atom is -0.375 e. The van der Waals surface area contributed by atoms with Gasteiger partial charge in [0, 0.05) is 35.4 Å². The van der Waals surface area contributed by atoms with E-state index in [-0.39, 0.29) is 5.69 Å².